The van der Waals surface area contributed by atoms with E-state index in [-0.39, 0.29) is 15.4 Å². The third kappa shape index (κ3) is 1.57. The first kappa shape index (κ1) is 12.8. The number of benzene rings is 1. The predicted molar refractivity (Wildman–Crippen MR) is 64.6 cm³/mol. The molecule has 2 N–H and O–H groups in total. The Morgan fingerprint density at radius 3 is 2.44 bits per heavy atom. The maximum atomic E-state index is 12.1. The van der Waals surface area contributed by atoms with Crippen LogP contribution in [0.1, 0.15) is 18.1 Å². The van der Waals surface area contributed by atoms with Crippen LogP contribution in [0, 0.1) is 6.92 Å². The number of aryl methyl sites for hydroxylation is 1. The second kappa shape index (κ2) is 3.93. The van der Waals surface area contributed by atoms with Crippen LogP contribution in [0.4, 0.5) is 0 Å². The lowest BCUT2D eigenvalue weighted by Gasteiger charge is -2.11. The van der Waals surface area contributed by atoms with E-state index in [1.807, 2.05) is 0 Å². The average Bonchev–Trinajstić information content (AvgIpc) is 2.49. The molecule has 0 fully saturated rings. The minimum atomic E-state index is -3.68. The number of aliphatic carboxylic acids is 1. The van der Waals surface area contributed by atoms with Gasteiger partial charge in [-0.2, -0.15) is 0 Å². The molecule has 0 amide bonds. The van der Waals surface area contributed by atoms with Crippen molar-refractivity contribution >= 4 is 21.4 Å². The molecule has 0 saturated heterocycles. The normalized spacial score (nSPS) is 18.6. The lowest BCUT2D eigenvalue weighted by molar-refractivity contribution is -0.143. The Hall–Kier alpha value is -1.66. The highest BCUT2D eigenvalue weighted by Crippen LogP contribution is 2.42. The van der Waals surface area contributed by atoms with Crippen molar-refractivity contribution in [3.8, 4) is 0 Å². The third-order valence-corrected chi connectivity index (χ3v) is 5.03. The first-order chi connectivity index (χ1) is 8.28. The van der Waals surface area contributed by atoms with Gasteiger partial charge in [0.2, 0.25) is 9.84 Å². The maximum absolute atomic E-state index is 12.1. The summed E-state index contributed by atoms with van der Waals surface area (Å²) < 4.78 is 24.2. The van der Waals surface area contributed by atoms with Gasteiger partial charge in [-0.05, 0) is 25.5 Å². The molecule has 1 aliphatic heterocycles. The van der Waals surface area contributed by atoms with E-state index in [2.05, 4.69) is 0 Å². The highest BCUT2D eigenvalue weighted by atomic mass is 32.2. The topological polar surface area (TPSA) is 91.7 Å². The lowest BCUT2D eigenvalue weighted by atomic mass is 9.96. The first-order valence-electron chi connectivity index (χ1n) is 5.25. The summed E-state index contributed by atoms with van der Waals surface area (Å²) in [6, 6.07) is 4.69. The van der Waals surface area contributed by atoms with E-state index in [4.69, 9.17) is 5.11 Å². The van der Waals surface area contributed by atoms with Gasteiger partial charge in [-0.3, -0.25) is 0 Å². The van der Waals surface area contributed by atoms with Gasteiger partial charge in [0.15, 0.2) is 6.10 Å². The highest BCUT2D eigenvalue weighted by Gasteiger charge is 2.38. The number of aliphatic hydroxyl groups excluding tert-OH is 1. The molecule has 0 radical (unpaired) electrons. The average molecular weight is 268 g/mol. The zero-order chi connectivity index (χ0) is 13.7. The van der Waals surface area contributed by atoms with Crippen LogP contribution in [0.5, 0.6) is 0 Å². The number of hydrogen-bond acceptors (Lipinski definition) is 4. The van der Waals surface area contributed by atoms with Crippen molar-refractivity contribution < 1.29 is 23.4 Å². The second-order valence-corrected chi connectivity index (χ2v) is 6.22. The first-order valence-corrected chi connectivity index (χ1v) is 6.73. The largest absolute Gasteiger partial charge is 0.479 e. The van der Waals surface area contributed by atoms with Crippen LogP contribution in [0.3, 0.4) is 0 Å². The standard InChI is InChI=1S/C12H12O5S/c1-6-4-3-5-8-9(6)10(11(13)12(14)15)7(2)18(8,16)17/h3-5,11,13H,1-2H3,(H,14,15). The van der Waals surface area contributed by atoms with Gasteiger partial charge >= 0.3 is 5.97 Å². The number of carboxylic acids is 1. The van der Waals surface area contributed by atoms with Crippen LogP contribution in [0.15, 0.2) is 28.0 Å². The number of carboxylic acid groups (broad SMARTS) is 1. The van der Waals surface area contributed by atoms with E-state index in [0.29, 0.717) is 11.1 Å². The molecule has 96 valence electrons. The molecule has 5 nitrogen and oxygen atoms in total. The molecule has 1 unspecified atom stereocenters. The Bertz CT molecular complexity index is 670. The number of hydrogen-bond donors (Lipinski definition) is 2. The number of fused-ring (bicyclic) bond motifs is 1. The minimum Gasteiger partial charge on any atom is -0.479 e. The van der Waals surface area contributed by atoms with Crippen molar-refractivity contribution in [2.45, 2.75) is 24.8 Å². The summed E-state index contributed by atoms with van der Waals surface area (Å²) in [6.45, 7) is 3.00. The fourth-order valence-electron chi connectivity index (χ4n) is 2.15. The van der Waals surface area contributed by atoms with Crippen molar-refractivity contribution in [2.75, 3.05) is 0 Å². The molecule has 0 spiro atoms. The minimum absolute atomic E-state index is 0.0319. The van der Waals surface area contributed by atoms with Gasteiger partial charge in [-0.25, -0.2) is 13.2 Å². The van der Waals surface area contributed by atoms with E-state index in [0.717, 1.165) is 0 Å². The molecule has 1 aliphatic rings. The van der Waals surface area contributed by atoms with Gasteiger partial charge in [-0.1, -0.05) is 12.1 Å². The summed E-state index contributed by atoms with van der Waals surface area (Å²) in [5.74, 6) is -1.46. The molecule has 0 saturated carbocycles. The van der Waals surface area contributed by atoms with Gasteiger partial charge in [0.1, 0.15) is 0 Å². The third-order valence-electron chi connectivity index (χ3n) is 3.08. The Morgan fingerprint density at radius 2 is 1.89 bits per heavy atom. The summed E-state index contributed by atoms with van der Waals surface area (Å²) in [5.41, 5.74) is 0.906. The van der Waals surface area contributed by atoms with Gasteiger partial charge in [0.25, 0.3) is 0 Å². The molecular weight excluding hydrogens is 256 g/mol. The Morgan fingerprint density at radius 1 is 1.28 bits per heavy atom. The zero-order valence-corrected chi connectivity index (χ0v) is 10.7. The molecule has 0 bridgehead atoms. The van der Waals surface area contributed by atoms with Crippen LogP contribution in [0.25, 0.3) is 5.57 Å². The Kier molecular flexibility index (Phi) is 2.79. The van der Waals surface area contributed by atoms with Crippen molar-refractivity contribution in [2.24, 2.45) is 0 Å². The summed E-state index contributed by atoms with van der Waals surface area (Å²) in [4.78, 5) is 10.9. The number of aliphatic hydroxyl groups is 1. The molecule has 18 heavy (non-hydrogen) atoms. The summed E-state index contributed by atoms with van der Waals surface area (Å²) >= 11 is 0. The fraction of sp³-hybridized carbons (Fsp3) is 0.250. The molecule has 0 aromatic heterocycles. The molecule has 1 aromatic rings. The predicted octanol–water partition coefficient (Wildman–Crippen LogP) is 0.959. The Balaban J connectivity index is 2.84. The molecule has 1 heterocycles. The molecule has 0 aliphatic carbocycles. The lowest BCUT2D eigenvalue weighted by Crippen LogP contribution is -2.21. The van der Waals surface area contributed by atoms with E-state index < -0.39 is 21.9 Å². The van der Waals surface area contributed by atoms with Crippen molar-refractivity contribution in [3.05, 3.63) is 34.2 Å². The van der Waals surface area contributed by atoms with Crippen LogP contribution < -0.4 is 0 Å². The summed E-state index contributed by atoms with van der Waals surface area (Å²) in [5, 5.41) is 18.5. The Labute approximate surface area is 104 Å². The molecular formula is C12H12O5S. The van der Waals surface area contributed by atoms with Crippen molar-refractivity contribution in [3.63, 3.8) is 0 Å². The smallest absolute Gasteiger partial charge is 0.337 e. The van der Waals surface area contributed by atoms with E-state index in [9.17, 15) is 18.3 Å². The van der Waals surface area contributed by atoms with Crippen molar-refractivity contribution in [1.29, 1.82) is 0 Å². The number of allylic oxidation sites excluding steroid dienone is 1. The maximum Gasteiger partial charge on any atom is 0.337 e. The number of rotatable bonds is 2. The van der Waals surface area contributed by atoms with E-state index >= 15 is 0 Å². The van der Waals surface area contributed by atoms with Crippen LogP contribution in [-0.2, 0) is 14.6 Å². The van der Waals surface area contributed by atoms with E-state index in [1.54, 1.807) is 19.1 Å². The van der Waals surface area contributed by atoms with E-state index in [1.165, 1.54) is 13.0 Å². The zero-order valence-electron chi connectivity index (χ0n) is 9.84. The number of sulfone groups is 1. The molecule has 6 heteroatoms. The molecule has 1 aromatic carbocycles. The van der Waals surface area contributed by atoms with Gasteiger partial charge in [-0.15, -0.1) is 0 Å². The molecule has 2 rings (SSSR count). The van der Waals surface area contributed by atoms with Crippen LogP contribution in [0.2, 0.25) is 0 Å². The number of carbonyl (C=O) groups is 1. The van der Waals surface area contributed by atoms with Gasteiger partial charge < -0.3 is 10.2 Å². The fourth-order valence-corrected chi connectivity index (χ4v) is 3.78. The summed E-state index contributed by atoms with van der Waals surface area (Å²) in [6.07, 6.45) is -1.83. The van der Waals surface area contributed by atoms with Crippen molar-refractivity contribution in [1.82, 2.24) is 0 Å². The van der Waals surface area contributed by atoms with Crippen LogP contribution >= 0.6 is 0 Å². The molecule has 1 atom stereocenters. The highest BCUT2D eigenvalue weighted by molar-refractivity contribution is 7.95. The summed E-state index contributed by atoms with van der Waals surface area (Å²) in [7, 11) is -3.68. The van der Waals surface area contributed by atoms with Gasteiger partial charge in [0.05, 0.1) is 9.80 Å². The van der Waals surface area contributed by atoms with Crippen LogP contribution in [-0.4, -0.2) is 30.7 Å². The quantitative estimate of drug-likeness (QED) is 0.833. The monoisotopic (exact) mass is 268 g/mol. The SMILES string of the molecule is CC1=C(C(O)C(=O)O)c2c(C)cccc2S1(=O)=O. The second-order valence-electron chi connectivity index (χ2n) is 4.16. The van der Waals surface area contributed by atoms with Gasteiger partial charge in [0, 0.05) is 11.1 Å².